The fourth-order valence-corrected chi connectivity index (χ4v) is 3.73. The van der Waals surface area contributed by atoms with Crippen LogP contribution in [0.2, 0.25) is 12.6 Å². The summed E-state index contributed by atoms with van der Waals surface area (Å²) in [5.74, 6) is 0. The molecule has 137 valence electrons. The summed E-state index contributed by atoms with van der Waals surface area (Å²) in [5.41, 5.74) is 0.878. The second-order valence-electron chi connectivity index (χ2n) is 8.22. The van der Waals surface area contributed by atoms with Crippen molar-refractivity contribution in [2.75, 3.05) is 39.6 Å². The van der Waals surface area contributed by atoms with Crippen molar-refractivity contribution < 1.29 is 18.9 Å². The van der Waals surface area contributed by atoms with E-state index >= 15 is 0 Å². The monoisotopic (exact) mass is 337 g/mol. The molecule has 0 amide bonds. The Balaban J connectivity index is 1.36. The highest BCUT2D eigenvalue weighted by Gasteiger charge is 2.37. The summed E-state index contributed by atoms with van der Waals surface area (Å²) in [4.78, 5) is 0. The third-order valence-electron chi connectivity index (χ3n) is 6.29. The molecular formula is C19H34BO4. The van der Waals surface area contributed by atoms with Crippen molar-refractivity contribution in [1.82, 2.24) is 0 Å². The number of ether oxygens (including phenoxy) is 4. The third-order valence-corrected chi connectivity index (χ3v) is 6.29. The highest BCUT2D eigenvalue weighted by atomic mass is 16.6. The lowest BCUT2D eigenvalue weighted by Gasteiger charge is -2.41. The molecular weight excluding hydrogens is 303 g/mol. The molecule has 3 saturated heterocycles. The maximum absolute atomic E-state index is 6.15. The van der Waals surface area contributed by atoms with Crippen LogP contribution in [0.25, 0.3) is 0 Å². The Kier molecular flexibility index (Phi) is 6.64. The summed E-state index contributed by atoms with van der Waals surface area (Å²) in [6, 6.07) is 0. The molecule has 0 saturated carbocycles. The molecule has 3 heterocycles. The summed E-state index contributed by atoms with van der Waals surface area (Å²) in [5, 5.41) is 0. The highest BCUT2D eigenvalue weighted by molar-refractivity contribution is 6.35. The van der Waals surface area contributed by atoms with E-state index in [1.807, 2.05) is 0 Å². The average molecular weight is 337 g/mol. The minimum atomic E-state index is 0.346. The zero-order chi connectivity index (χ0) is 16.9. The van der Waals surface area contributed by atoms with Gasteiger partial charge in [0.1, 0.15) is 13.4 Å². The predicted octanol–water partition coefficient (Wildman–Crippen LogP) is 3.33. The van der Waals surface area contributed by atoms with E-state index in [2.05, 4.69) is 21.1 Å². The van der Waals surface area contributed by atoms with Crippen molar-refractivity contribution in [3.63, 3.8) is 0 Å². The Labute approximate surface area is 148 Å². The lowest BCUT2D eigenvalue weighted by molar-refractivity contribution is -0.121. The van der Waals surface area contributed by atoms with Gasteiger partial charge >= 0.3 is 0 Å². The number of hydrogen-bond acceptors (Lipinski definition) is 4. The van der Waals surface area contributed by atoms with Crippen LogP contribution >= 0.6 is 0 Å². The SMILES string of the molecule is CCC1(C[B]CC(CCCC2(CC)COC2)OCC2CO2)COC1. The molecule has 0 aromatic heterocycles. The molecule has 0 aromatic rings. The third kappa shape index (κ3) is 4.97. The van der Waals surface area contributed by atoms with E-state index in [1.54, 1.807) is 0 Å². The summed E-state index contributed by atoms with van der Waals surface area (Å²) < 4.78 is 22.3. The van der Waals surface area contributed by atoms with E-state index in [0.29, 0.717) is 23.0 Å². The number of epoxide rings is 1. The second kappa shape index (κ2) is 8.53. The summed E-state index contributed by atoms with van der Waals surface area (Å²) in [7, 11) is 2.45. The Hall–Kier alpha value is -0.0951. The van der Waals surface area contributed by atoms with Crippen LogP contribution < -0.4 is 0 Å². The van der Waals surface area contributed by atoms with E-state index in [4.69, 9.17) is 18.9 Å². The van der Waals surface area contributed by atoms with Crippen molar-refractivity contribution in [2.45, 2.75) is 70.8 Å². The average Bonchev–Trinajstić information content (AvgIpc) is 3.33. The first-order valence-corrected chi connectivity index (χ1v) is 9.90. The fraction of sp³-hybridized carbons (Fsp3) is 1.00. The molecule has 3 aliphatic rings. The summed E-state index contributed by atoms with van der Waals surface area (Å²) >= 11 is 0. The molecule has 3 fully saturated rings. The van der Waals surface area contributed by atoms with Crippen LogP contribution in [-0.4, -0.2) is 59.1 Å². The van der Waals surface area contributed by atoms with Gasteiger partial charge in [-0.2, -0.15) is 0 Å². The summed E-state index contributed by atoms with van der Waals surface area (Å²) in [6.45, 7) is 9.98. The van der Waals surface area contributed by atoms with Gasteiger partial charge < -0.3 is 18.9 Å². The molecule has 0 aliphatic carbocycles. The van der Waals surface area contributed by atoms with E-state index in [9.17, 15) is 0 Å². The minimum absolute atomic E-state index is 0.346. The zero-order valence-corrected chi connectivity index (χ0v) is 15.6. The van der Waals surface area contributed by atoms with Crippen LogP contribution in [0.15, 0.2) is 0 Å². The van der Waals surface area contributed by atoms with E-state index in [1.165, 1.54) is 25.7 Å². The van der Waals surface area contributed by atoms with Crippen molar-refractivity contribution in [2.24, 2.45) is 10.8 Å². The van der Waals surface area contributed by atoms with Crippen molar-refractivity contribution in [1.29, 1.82) is 0 Å². The molecule has 5 heteroatoms. The Morgan fingerprint density at radius 1 is 1.08 bits per heavy atom. The molecule has 3 rings (SSSR count). The van der Waals surface area contributed by atoms with Gasteiger partial charge in [0.25, 0.3) is 0 Å². The quantitative estimate of drug-likeness (QED) is 0.382. The highest BCUT2D eigenvalue weighted by Crippen LogP contribution is 2.38. The fourth-order valence-electron chi connectivity index (χ4n) is 3.73. The standard InChI is InChI=1S/C19H34BO4/c1-3-18(12-21-13-18)7-5-6-16(23-9-17-10-24-17)8-20-11-19(4-2)14-22-15-19/h16-17H,3-15H2,1-2H3. The summed E-state index contributed by atoms with van der Waals surface area (Å²) in [6.07, 6.45) is 9.04. The van der Waals surface area contributed by atoms with Crippen molar-refractivity contribution >= 4 is 7.28 Å². The van der Waals surface area contributed by atoms with Gasteiger partial charge in [-0.25, -0.2) is 0 Å². The molecule has 0 aromatic carbocycles. The first kappa shape index (κ1) is 18.7. The van der Waals surface area contributed by atoms with Crippen LogP contribution in [0, 0.1) is 10.8 Å². The molecule has 1 radical (unpaired) electrons. The van der Waals surface area contributed by atoms with E-state index in [-0.39, 0.29) is 0 Å². The zero-order valence-electron chi connectivity index (χ0n) is 15.6. The van der Waals surface area contributed by atoms with Gasteiger partial charge in [0.2, 0.25) is 0 Å². The molecule has 2 unspecified atom stereocenters. The van der Waals surface area contributed by atoms with Gasteiger partial charge in [0, 0.05) is 10.8 Å². The Morgan fingerprint density at radius 3 is 2.25 bits per heavy atom. The van der Waals surface area contributed by atoms with Gasteiger partial charge in [-0.1, -0.05) is 32.9 Å². The first-order valence-electron chi connectivity index (χ1n) is 9.90. The molecule has 2 atom stereocenters. The van der Waals surface area contributed by atoms with Gasteiger partial charge in [-0.05, 0) is 25.7 Å². The van der Waals surface area contributed by atoms with Crippen LogP contribution in [0.4, 0.5) is 0 Å². The Bertz CT molecular complexity index is 339. The van der Waals surface area contributed by atoms with Crippen LogP contribution in [0.3, 0.4) is 0 Å². The first-order chi connectivity index (χ1) is 11.7. The molecule has 4 nitrogen and oxygen atoms in total. The maximum Gasteiger partial charge on any atom is 0.113 e. The normalized spacial score (nSPS) is 27.8. The number of rotatable bonds is 13. The molecule has 0 bridgehead atoms. The van der Waals surface area contributed by atoms with Crippen LogP contribution in [0.1, 0.15) is 46.0 Å². The minimum Gasteiger partial charge on any atom is -0.380 e. The van der Waals surface area contributed by atoms with E-state index in [0.717, 1.165) is 58.7 Å². The lowest BCUT2D eigenvalue weighted by atomic mass is 9.58. The van der Waals surface area contributed by atoms with Crippen LogP contribution in [0.5, 0.6) is 0 Å². The molecule has 24 heavy (non-hydrogen) atoms. The Morgan fingerprint density at radius 2 is 1.75 bits per heavy atom. The largest absolute Gasteiger partial charge is 0.380 e. The number of hydrogen-bond donors (Lipinski definition) is 0. The molecule has 0 N–H and O–H groups in total. The molecule has 0 spiro atoms. The van der Waals surface area contributed by atoms with Gasteiger partial charge in [0.05, 0.1) is 45.7 Å². The van der Waals surface area contributed by atoms with Crippen LogP contribution in [-0.2, 0) is 18.9 Å². The maximum atomic E-state index is 6.15. The van der Waals surface area contributed by atoms with Gasteiger partial charge in [-0.3, -0.25) is 0 Å². The van der Waals surface area contributed by atoms with Crippen molar-refractivity contribution in [3.8, 4) is 0 Å². The van der Waals surface area contributed by atoms with Crippen molar-refractivity contribution in [3.05, 3.63) is 0 Å². The van der Waals surface area contributed by atoms with E-state index < -0.39 is 0 Å². The van der Waals surface area contributed by atoms with Gasteiger partial charge in [0.15, 0.2) is 0 Å². The van der Waals surface area contributed by atoms with Gasteiger partial charge in [-0.15, -0.1) is 0 Å². The predicted molar refractivity (Wildman–Crippen MR) is 95.8 cm³/mol. The second-order valence-corrected chi connectivity index (χ2v) is 8.22. The lowest BCUT2D eigenvalue weighted by Crippen LogP contribution is -2.43. The topological polar surface area (TPSA) is 40.2 Å². The smallest absolute Gasteiger partial charge is 0.113 e. The molecule has 3 aliphatic heterocycles.